The van der Waals surface area contributed by atoms with Crippen molar-refractivity contribution in [2.45, 2.75) is 9.79 Å². The Morgan fingerprint density at radius 2 is 1.74 bits per heavy atom. The molecule has 1 heterocycles. The van der Waals surface area contributed by atoms with E-state index in [-0.39, 0.29) is 5.75 Å². The van der Waals surface area contributed by atoms with Crippen LogP contribution < -0.4 is 0 Å². The Morgan fingerprint density at radius 1 is 0.947 bits per heavy atom. The highest BCUT2D eigenvalue weighted by Gasteiger charge is 2.06. The molecule has 0 fully saturated rings. The van der Waals surface area contributed by atoms with E-state index < -0.39 is 0 Å². The number of fused-ring (bicyclic) bond motifs is 1. The number of aromatic nitrogens is 1. The molecule has 0 aliphatic carbocycles. The molecular formula is C15H10BrNOS. The third kappa shape index (κ3) is 2.60. The fourth-order valence-corrected chi connectivity index (χ4v) is 3.19. The van der Waals surface area contributed by atoms with Crippen LogP contribution in [0.15, 0.2) is 69.1 Å². The Kier molecular flexibility index (Phi) is 3.44. The number of rotatable bonds is 2. The van der Waals surface area contributed by atoms with Gasteiger partial charge in [0.2, 0.25) is 0 Å². The van der Waals surface area contributed by atoms with Crippen molar-refractivity contribution >= 4 is 38.5 Å². The van der Waals surface area contributed by atoms with Crippen LogP contribution in [0.2, 0.25) is 0 Å². The average Bonchev–Trinajstić information content (AvgIpc) is 2.44. The first-order chi connectivity index (χ1) is 9.24. The van der Waals surface area contributed by atoms with Gasteiger partial charge in [-0.15, -0.1) is 0 Å². The maximum atomic E-state index is 9.89. The van der Waals surface area contributed by atoms with E-state index in [0.29, 0.717) is 0 Å². The summed E-state index contributed by atoms with van der Waals surface area (Å²) in [6.45, 7) is 0. The van der Waals surface area contributed by atoms with Crippen molar-refractivity contribution in [3.05, 3.63) is 59.3 Å². The van der Waals surface area contributed by atoms with Gasteiger partial charge >= 0.3 is 0 Å². The maximum Gasteiger partial charge on any atom is 0.141 e. The summed E-state index contributed by atoms with van der Waals surface area (Å²) in [6.07, 6.45) is 1.46. The lowest BCUT2D eigenvalue weighted by atomic mass is 10.2. The second-order valence-corrected chi connectivity index (χ2v) is 5.95. The van der Waals surface area contributed by atoms with Gasteiger partial charge in [-0.25, -0.2) is 4.98 Å². The van der Waals surface area contributed by atoms with Crippen LogP contribution in [0.5, 0.6) is 5.75 Å². The highest BCUT2D eigenvalue weighted by atomic mass is 79.9. The molecule has 1 aromatic heterocycles. The average molecular weight is 332 g/mol. The third-order valence-corrected chi connectivity index (χ3v) is 4.40. The zero-order valence-corrected chi connectivity index (χ0v) is 12.3. The molecule has 0 amide bonds. The van der Waals surface area contributed by atoms with Crippen molar-refractivity contribution < 1.29 is 5.11 Å². The van der Waals surface area contributed by atoms with Gasteiger partial charge in [-0.3, -0.25) is 0 Å². The van der Waals surface area contributed by atoms with Crippen molar-refractivity contribution in [3.63, 3.8) is 0 Å². The lowest BCUT2D eigenvalue weighted by Gasteiger charge is -2.06. The van der Waals surface area contributed by atoms with Gasteiger partial charge in [-0.05, 0) is 40.2 Å². The van der Waals surface area contributed by atoms with Crippen LogP contribution >= 0.6 is 27.7 Å². The van der Waals surface area contributed by atoms with Gasteiger partial charge in [-0.1, -0.05) is 36.0 Å². The molecule has 19 heavy (non-hydrogen) atoms. The first-order valence-corrected chi connectivity index (χ1v) is 7.35. The second-order valence-electron chi connectivity index (χ2n) is 4.06. The van der Waals surface area contributed by atoms with Crippen molar-refractivity contribution in [1.82, 2.24) is 4.98 Å². The number of hydrogen-bond acceptors (Lipinski definition) is 3. The van der Waals surface area contributed by atoms with Gasteiger partial charge in [0, 0.05) is 20.6 Å². The van der Waals surface area contributed by atoms with E-state index in [1.807, 2.05) is 36.4 Å². The fraction of sp³-hybridized carbons (Fsp3) is 0. The van der Waals surface area contributed by atoms with Crippen LogP contribution in [-0.4, -0.2) is 10.1 Å². The van der Waals surface area contributed by atoms with E-state index in [1.165, 1.54) is 11.1 Å². The standard InChI is InChI=1S/C15H10BrNOS/c16-15-12-7-6-11(8-13(12)14(18)9-17-15)19-10-4-2-1-3-5-10/h1-9,18H. The molecule has 4 heteroatoms. The molecule has 0 saturated carbocycles. The van der Waals surface area contributed by atoms with E-state index >= 15 is 0 Å². The first-order valence-electron chi connectivity index (χ1n) is 5.74. The van der Waals surface area contributed by atoms with Gasteiger partial charge < -0.3 is 5.11 Å². The van der Waals surface area contributed by atoms with Crippen LogP contribution in [0.4, 0.5) is 0 Å². The molecule has 0 spiro atoms. The summed E-state index contributed by atoms with van der Waals surface area (Å²) in [5.41, 5.74) is 0. The minimum atomic E-state index is 0.203. The van der Waals surface area contributed by atoms with Gasteiger partial charge in [0.15, 0.2) is 0 Å². The fourth-order valence-electron chi connectivity index (χ4n) is 1.86. The molecule has 3 aromatic rings. The number of pyridine rings is 1. The Balaban J connectivity index is 2.05. The number of halogens is 1. The molecular weight excluding hydrogens is 322 g/mol. The van der Waals surface area contributed by atoms with Crippen LogP contribution in [-0.2, 0) is 0 Å². The molecule has 3 rings (SSSR count). The minimum Gasteiger partial charge on any atom is -0.506 e. The van der Waals surface area contributed by atoms with E-state index in [0.717, 1.165) is 20.3 Å². The zero-order chi connectivity index (χ0) is 13.2. The first kappa shape index (κ1) is 12.5. The highest BCUT2D eigenvalue weighted by molar-refractivity contribution is 9.10. The van der Waals surface area contributed by atoms with E-state index in [9.17, 15) is 5.11 Å². The van der Waals surface area contributed by atoms with Gasteiger partial charge in [-0.2, -0.15) is 0 Å². The molecule has 0 atom stereocenters. The van der Waals surface area contributed by atoms with Gasteiger partial charge in [0.25, 0.3) is 0 Å². The Bertz CT molecular complexity index is 731. The van der Waals surface area contributed by atoms with Crippen LogP contribution in [0.25, 0.3) is 10.8 Å². The molecule has 0 radical (unpaired) electrons. The Labute approximate surface area is 123 Å². The van der Waals surface area contributed by atoms with E-state index in [1.54, 1.807) is 11.8 Å². The molecule has 1 N–H and O–H groups in total. The van der Waals surface area contributed by atoms with Crippen molar-refractivity contribution in [3.8, 4) is 5.75 Å². The number of benzene rings is 2. The second kappa shape index (κ2) is 5.23. The monoisotopic (exact) mass is 331 g/mol. The predicted octanol–water partition coefficient (Wildman–Crippen LogP) is 4.85. The summed E-state index contributed by atoms with van der Waals surface area (Å²) in [5.74, 6) is 0.203. The van der Waals surface area contributed by atoms with Crippen molar-refractivity contribution in [2.75, 3.05) is 0 Å². The minimum absolute atomic E-state index is 0.203. The molecule has 2 nitrogen and oxygen atoms in total. The molecule has 0 unspecified atom stereocenters. The highest BCUT2D eigenvalue weighted by Crippen LogP contribution is 2.34. The van der Waals surface area contributed by atoms with Crippen LogP contribution in [0.1, 0.15) is 0 Å². The summed E-state index contributed by atoms with van der Waals surface area (Å²) in [4.78, 5) is 6.35. The molecule has 0 bridgehead atoms. The summed E-state index contributed by atoms with van der Waals surface area (Å²) >= 11 is 5.06. The maximum absolute atomic E-state index is 9.89. The topological polar surface area (TPSA) is 33.1 Å². The number of aromatic hydroxyl groups is 1. The SMILES string of the molecule is Oc1cnc(Br)c2ccc(Sc3ccccc3)cc12. The zero-order valence-electron chi connectivity index (χ0n) is 9.88. The summed E-state index contributed by atoms with van der Waals surface area (Å²) in [6, 6.07) is 16.1. The largest absolute Gasteiger partial charge is 0.506 e. The van der Waals surface area contributed by atoms with E-state index in [2.05, 4.69) is 33.0 Å². The summed E-state index contributed by atoms with van der Waals surface area (Å²) in [7, 11) is 0. The quantitative estimate of drug-likeness (QED) is 0.681. The lowest BCUT2D eigenvalue weighted by molar-refractivity contribution is 0.479. The summed E-state index contributed by atoms with van der Waals surface area (Å²) < 4.78 is 0.747. The predicted molar refractivity (Wildman–Crippen MR) is 81.7 cm³/mol. The van der Waals surface area contributed by atoms with E-state index in [4.69, 9.17) is 0 Å². The smallest absolute Gasteiger partial charge is 0.141 e. The third-order valence-electron chi connectivity index (χ3n) is 2.77. The molecule has 94 valence electrons. The van der Waals surface area contributed by atoms with Crippen LogP contribution in [0.3, 0.4) is 0 Å². The molecule has 0 saturated heterocycles. The lowest BCUT2D eigenvalue weighted by Crippen LogP contribution is -1.82. The molecule has 2 aromatic carbocycles. The van der Waals surface area contributed by atoms with Gasteiger partial charge in [0.1, 0.15) is 10.4 Å². The summed E-state index contributed by atoms with van der Waals surface area (Å²) in [5, 5.41) is 11.6. The number of hydrogen-bond donors (Lipinski definition) is 1. The van der Waals surface area contributed by atoms with Crippen molar-refractivity contribution in [2.24, 2.45) is 0 Å². The molecule has 0 aliphatic heterocycles. The van der Waals surface area contributed by atoms with Crippen LogP contribution in [0, 0.1) is 0 Å². The number of nitrogens with zero attached hydrogens (tertiary/aromatic N) is 1. The van der Waals surface area contributed by atoms with Crippen molar-refractivity contribution in [1.29, 1.82) is 0 Å². The Morgan fingerprint density at radius 3 is 2.53 bits per heavy atom. The van der Waals surface area contributed by atoms with Gasteiger partial charge in [0.05, 0.1) is 6.20 Å². The molecule has 0 aliphatic rings. The normalized spacial score (nSPS) is 10.8. The Hall–Kier alpha value is -1.52.